The van der Waals surface area contributed by atoms with E-state index in [4.69, 9.17) is 15.6 Å². The second kappa shape index (κ2) is 6.41. The molecule has 1 aromatic rings. The maximum absolute atomic E-state index is 10.2. The summed E-state index contributed by atoms with van der Waals surface area (Å²) in [5.41, 5.74) is 6.24. The minimum absolute atomic E-state index is 0.381. The van der Waals surface area contributed by atoms with Gasteiger partial charge in [0.05, 0.1) is 12.8 Å². The van der Waals surface area contributed by atoms with Crippen molar-refractivity contribution in [2.24, 2.45) is 0 Å². The van der Waals surface area contributed by atoms with Gasteiger partial charge < -0.3 is 26.2 Å². The zero-order chi connectivity index (χ0) is 12.7. The molecule has 0 spiro atoms. The third kappa shape index (κ3) is 4.45. The first kappa shape index (κ1) is 12.9. The van der Waals surface area contributed by atoms with Gasteiger partial charge >= 0.3 is 6.09 Å². The van der Waals surface area contributed by atoms with Crippen LogP contribution in [0.3, 0.4) is 0 Å². The van der Waals surface area contributed by atoms with Crippen LogP contribution in [0.2, 0.25) is 0 Å². The lowest BCUT2D eigenvalue weighted by Gasteiger charge is -2.09. The summed E-state index contributed by atoms with van der Waals surface area (Å²) in [6.45, 7) is 0.955. The third-order valence-corrected chi connectivity index (χ3v) is 2.03. The van der Waals surface area contributed by atoms with Crippen molar-refractivity contribution in [1.29, 1.82) is 0 Å². The summed E-state index contributed by atoms with van der Waals surface area (Å²) in [6, 6.07) is 3.37. The van der Waals surface area contributed by atoms with Gasteiger partial charge in [-0.1, -0.05) is 0 Å². The highest BCUT2D eigenvalue weighted by Gasteiger charge is 2.02. The number of nitrogens with zero attached hydrogens (tertiary/aromatic N) is 1. The molecule has 17 heavy (non-hydrogen) atoms. The zero-order valence-electron chi connectivity index (χ0n) is 9.56. The average Bonchev–Trinajstić information content (AvgIpc) is 2.30. The summed E-state index contributed by atoms with van der Waals surface area (Å²) in [7, 11) is 1.53. The number of pyridine rings is 1. The minimum atomic E-state index is -1.02. The first-order valence-corrected chi connectivity index (χ1v) is 5.14. The van der Waals surface area contributed by atoms with Crippen LogP contribution >= 0.6 is 0 Å². The number of hydrogen-bond acceptors (Lipinski definition) is 5. The standard InChI is InChI=1S/C10H16N4O3/c1-17-8-4-3-7(11)9(14-8)12-5-2-6-13-10(15)16/h3-4,13H,2,5-6,11H2,1H3,(H,12,14)(H,15,16). The lowest BCUT2D eigenvalue weighted by molar-refractivity contribution is 0.194. The number of hydrogen-bond donors (Lipinski definition) is 4. The molecule has 0 saturated carbocycles. The maximum Gasteiger partial charge on any atom is 0.404 e. The van der Waals surface area contributed by atoms with E-state index in [1.165, 1.54) is 7.11 Å². The topological polar surface area (TPSA) is 110 Å². The van der Waals surface area contributed by atoms with Crippen molar-refractivity contribution in [1.82, 2.24) is 10.3 Å². The molecule has 0 aliphatic heterocycles. The molecule has 1 rings (SSSR count). The van der Waals surface area contributed by atoms with Gasteiger partial charge in [-0.15, -0.1) is 0 Å². The molecule has 0 aliphatic rings. The summed E-state index contributed by atoms with van der Waals surface area (Å²) in [5, 5.41) is 13.6. The molecule has 7 heteroatoms. The molecule has 1 aromatic heterocycles. The van der Waals surface area contributed by atoms with Gasteiger partial charge in [0.15, 0.2) is 5.82 Å². The van der Waals surface area contributed by atoms with Crippen LogP contribution in [0.25, 0.3) is 0 Å². The number of nitrogens with one attached hydrogen (secondary N) is 2. The molecule has 0 aliphatic carbocycles. The fourth-order valence-electron chi connectivity index (χ4n) is 1.20. The van der Waals surface area contributed by atoms with Crippen LogP contribution in [-0.2, 0) is 0 Å². The molecule has 5 N–H and O–H groups in total. The quantitative estimate of drug-likeness (QED) is 0.546. The van der Waals surface area contributed by atoms with E-state index < -0.39 is 6.09 Å². The molecule has 1 heterocycles. The maximum atomic E-state index is 10.2. The van der Waals surface area contributed by atoms with Crippen LogP contribution in [0.5, 0.6) is 5.88 Å². The van der Waals surface area contributed by atoms with E-state index in [1.54, 1.807) is 12.1 Å². The zero-order valence-corrected chi connectivity index (χ0v) is 9.56. The van der Waals surface area contributed by atoms with Crippen LogP contribution in [0.15, 0.2) is 12.1 Å². The van der Waals surface area contributed by atoms with Crippen LogP contribution in [0.4, 0.5) is 16.3 Å². The Morgan fingerprint density at radius 2 is 2.29 bits per heavy atom. The van der Waals surface area contributed by atoms with Gasteiger partial charge in [-0.3, -0.25) is 0 Å². The average molecular weight is 240 g/mol. The van der Waals surface area contributed by atoms with Crippen molar-refractivity contribution in [3.63, 3.8) is 0 Å². The molecule has 0 aromatic carbocycles. The normalized spacial score (nSPS) is 9.71. The number of nitrogens with two attached hydrogens (primary N) is 1. The predicted molar refractivity (Wildman–Crippen MR) is 64.3 cm³/mol. The Hall–Kier alpha value is -2.18. The molecule has 0 saturated heterocycles. The van der Waals surface area contributed by atoms with Gasteiger partial charge in [0.25, 0.3) is 0 Å². The third-order valence-electron chi connectivity index (χ3n) is 2.03. The summed E-state index contributed by atoms with van der Waals surface area (Å²) in [5.74, 6) is 1.02. The van der Waals surface area contributed by atoms with E-state index >= 15 is 0 Å². The van der Waals surface area contributed by atoms with Crippen LogP contribution in [0, 0.1) is 0 Å². The van der Waals surface area contributed by atoms with Gasteiger partial charge in [-0.05, 0) is 12.5 Å². The molecular formula is C10H16N4O3. The molecule has 0 radical (unpaired) electrons. The summed E-state index contributed by atoms with van der Waals surface area (Å²) >= 11 is 0. The Balaban J connectivity index is 2.38. The van der Waals surface area contributed by atoms with Crippen molar-refractivity contribution < 1.29 is 14.6 Å². The SMILES string of the molecule is COc1ccc(N)c(NCCCNC(=O)O)n1. The number of methoxy groups -OCH3 is 1. The highest BCUT2D eigenvalue weighted by Crippen LogP contribution is 2.19. The number of carbonyl (C=O) groups is 1. The van der Waals surface area contributed by atoms with Gasteiger partial charge in [0, 0.05) is 19.2 Å². The first-order valence-electron chi connectivity index (χ1n) is 5.14. The van der Waals surface area contributed by atoms with Gasteiger partial charge in [0.1, 0.15) is 0 Å². The number of rotatable bonds is 6. The molecule has 7 nitrogen and oxygen atoms in total. The molecule has 94 valence electrons. The van der Waals surface area contributed by atoms with Crippen molar-refractivity contribution in [3.8, 4) is 5.88 Å². The van der Waals surface area contributed by atoms with Crippen LogP contribution in [-0.4, -0.2) is 36.4 Å². The smallest absolute Gasteiger partial charge is 0.404 e. The van der Waals surface area contributed by atoms with E-state index in [0.717, 1.165) is 0 Å². The van der Waals surface area contributed by atoms with E-state index in [0.29, 0.717) is 36.9 Å². The fourth-order valence-corrected chi connectivity index (χ4v) is 1.20. The second-order valence-electron chi connectivity index (χ2n) is 3.30. The predicted octanol–water partition coefficient (Wildman–Crippen LogP) is 0.742. The number of aromatic nitrogens is 1. The number of carboxylic acid groups (broad SMARTS) is 1. The summed E-state index contributed by atoms with van der Waals surface area (Å²) < 4.78 is 4.97. The summed E-state index contributed by atoms with van der Waals surface area (Å²) in [6.07, 6.45) is -0.381. The van der Waals surface area contributed by atoms with E-state index in [1.807, 2.05) is 0 Å². The molecule has 0 bridgehead atoms. The van der Waals surface area contributed by atoms with Gasteiger partial charge in [0.2, 0.25) is 5.88 Å². The van der Waals surface area contributed by atoms with Crippen molar-refractivity contribution in [3.05, 3.63) is 12.1 Å². The number of anilines is 2. The monoisotopic (exact) mass is 240 g/mol. The number of nitrogen functional groups attached to an aromatic ring is 1. The Bertz CT molecular complexity index is 384. The molecule has 0 atom stereocenters. The largest absolute Gasteiger partial charge is 0.481 e. The van der Waals surface area contributed by atoms with Gasteiger partial charge in [-0.25, -0.2) is 4.79 Å². The van der Waals surface area contributed by atoms with Crippen LogP contribution in [0.1, 0.15) is 6.42 Å². The Morgan fingerprint density at radius 3 is 2.94 bits per heavy atom. The Labute approximate surface area is 99.0 Å². The van der Waals surface area contributed by atoms with Crippen molar-refractivity contribution in [2.75, 3.05) is 31.2 Å². The second-order valence-corrected chi connectivity index (χ2v) is 3.30. The molecule has 1 amide bonds. The van der Waals surface area contributed by atoms with Crippen molar-refractivity contribution >= 4 is 17.6 Å². The number of ether oxygens (including phenoxy) is 1. The van der Waals surface area contributed by atoms with Gasteiger partial charge in [-0.2, -0.15) is 4.98 Å². The lowest BCUT2D eigenvalue weighted by atomic mass is 10.3. The number of amides is 1. The molecular weight excluding hydrogens is 224 g/mol. The highest BCUT2D eigenvalue weighted by atomic mass is 16.5. The highest BCUT2D eigenvalue weighted by molar-refractivity contribution is 5.64. The Morgan fingerprint density at radius 1 is 1.53 bits per heavy atom. The lowest BCUT2D eigenvalue weighted by Crippen LogP contribution is -2.23. The van der Waals surface area contributed by atoms with E-state index in [2.05, 4.69) is 15.6 Å². The van der Waals surface area contributed by atoms with E-state index in [-0.39, 0.29) is 0 Å². The van der Waals surface area contributed by atoms with Crippen LogP contribution < -0.4 is 21.1 Å². The summed E-state index contributed by atoms with van der Waals surface area (Å²) in [4.78, 5) is 14.3. The fraction of sp³-hybridized carbons (Fsp3) is 0.400. The minimum Gasteiger partial charge on any atom is -0.481 e. The molecule has 0 unspecified atom stereocenters. The first-order chi connectivity index (χ1) is 8.13. The van der Waals surface area contributed by atoms with Crippen molar-refractivity contribution in [2.45, 2.75) is 6.42 Å². The Kier molecular flexibility index (Phi) is 4.86. The molecule has 0 fully saturated rings. The van der Waals surface area contributed by atoms with E-state index in [9.17, 15) is 4.79 Å².